The van der Waals surface area contributed by atoms with Gasteiger partial charge in [0.1, 0.15) is 5.75 Å². The van der Waals surface area contributed by atoms with Crippen molar-refractivity contribution in [2.24, 2.45) is 11.8 Å². The van der Waals surface area contributed by atoms with Crippen LogP contribution in [0.5, 0.6) is 5.75 Å². The van der Waals surface area contributed by atoms with Gasteiger partial charge < -0.3 is 20.9 Å². The Hall–Kier alpha value is -3.30. The van der Waals surface area contributed by atoms with Crippen molar-refractivity contribution < 1.29 is 36.2 Å². The van der Waals surface area contributed by atoms with Crippen LogP contribution in [0.2, 0.25) is 0 Å². The van der Waals surface area contributed by atoms with E-state index in [2.05, 4.69) is 0 Å². The average molecular weight is 555 g/mol. The predicted octanol–water partition coefficient (Wildman–Crippen LogP) is 7.72. The van der Waals surface area contributed by atoms with Crippen LogP contribution in [-0.4, -0.2) is 24.9 Å². The van der Waals surface area contributed by atoms with Crippen molar-refractivity contribution in [3.8, 4) is 5.75 Å². The number of nitrogens with two attached hydrogens (primary N) is 2. The lowest BCUT2D eigenvalue weighted by molar-refractivity contribution is -0.223. The molecule has 2 aromatic carbocycles. The summed E-state index contributed by atoms with van der Waals surface area (Å²) >= 11 is 0. The van der Waals surface area contributed by atoms with E-state index in [0.29, 0.717) is 36.2 Å². The van der Waals surface area contributed by atoms with Crippen molar-refractivity contribution in [1.82, 2.24) is 0 Å². The third-order valence-electron chi connectivity index (χ3n) is 7.06. The number of carbonyl (C=O) groups is 1. The van der Waals surface area contributed by atoms with Crippen LogP contribution >= 0.6 is 0 Å². The molecule has 1 atom stereocenters. The van der Waals surface area contributed by atoms with Crippen molar-refractivity contribution in [2.75, 3.05) is 18.1 Å². The second-order valence-electron chi connectivity index (χ2n) is 10.2. The lowest BCUT2D eigenvalue weighted by Crippen LogP contribution is -2.37. The zero-order valence-corrected chi connectivity index (χ0v) is 21.9. The van der Waals surface area contributed by atoms with E-state index in [1.54, 1.807) is 30.3 Å². The zero-order valence-electron chi connectivity index (χ0n) is 21.9. The van der Waals surface area contributed by atoms with E-state index >= 15 is 0 Å². The Morgan fingerprint density at radius 2 is 1.69 bits per heavy atom. The molecule has 1 aliphatic carbocycles. The van der Waals surface area contributed by atoms with Gasteiger partial charge in [-0.25, -0.2) is 4.79 Å². The summed E-state index contributed by atoms with van der Waals surface area (Å²) in [5.41, 5.74) is 14.2. The number of rotatable bonds is 11. The predicted molar refractivity (Wildman–Crippen MR) is 141 cm³/mol. The van der Waals surface area contributed by atoms with Gasteiger partial charge in [0.25, 0.3) is 0 Å². The van der Waals surface area contributed by atoms with Crippen molar-refractivity contribution in [3.05, 3.63) is 59.7 Å². The summed E-state index contributed by atoms with van der Waals surface area (Å²) in [6.07, 6.45) is -3.88. The van der Waals surface area contributed by atoms with Crippen LogP contribution in [0.25, 0.3) is 6.08 Å². The second-order valence-corrected chi connectivity index (χ2v) is 10.2. The molecule has 0 spiro atoms. The molecule has 0 heterocycles. The highest BCUT2D eigenvalue weighted by atomic mass is 19.4. The first-order chi connectivity index (χ1) is 18.3. The molecule has 1 saturated carbocycles. The Morgan fingerprint density at radius 1 is 1.03 bits per heavy atom. The summed E-state index contributed by atoms with van der Waals surface area (Å²) in [5.74, 6) is -1.66. The number of carbonyl (C=O) groups excluding carboxylic acids is 1. The van der Waals surface area contributed by atoms with Gasteiger partial charge in [-0.15, -0.1) is 0 Å². The van der Waals surface area contributed by atoms with Gasteiger partial charge in [0.05, 0.1) is 12.5 Å². The quantitative estimate of drug-likeness (QED) is 0.129. The third-order valence-corrected chi connectivity index (χ3v) is 7.06. The Morgan fingerprint density at radius 3 is 2.31 bits per heavy atom. The Labute approximate surface area is 225 Å². The number of esters is 1. The number of halogens is 5. The molecule has 5 nitrogen and oxygen atoms in total. The molecule has 0 saturated heterocycles. The first-order valence-corrected chi connectivity index (χ1v) is 13.1. The van der Waals surface area contributed by atoms with Crippen molar-refractivity contribution in [2.45, 2.75) is 70.1 Å². The topological polar surface area (TPSA) is 87.6 Å². The molecule has 214 valence electrons. The van der Waals surface area contributed by atoms with Crippen molar-refractivity contribution in [3.63, 3.8) is 0 Å². The standard InChI is InChI=1S/C29H35F5N2O3/c1-19(25-14-11-23(35)17-26(25)36)18-38-27(37)15-8-21-6-12-24(13-7-21)39-29(33,34)22-9-4-20(5-10-22)3-2-16-28(30,31)32/h6-8,11-15,17,19-20,22H,2-5,9-10,16,18,35-36H2,1H3/b15-8+. The van der Waals surface area contributed by atoms with E-state index in [-0.39, 0.29) is 43.5 Å². The molecule has 39 heavy (non-hydrogen) atoms. The fourth-order valence-corrected chi connectivity index (χ4v) is 4.82. The number of anilines is 2. The van der Waals surface area contributed by atoms with Gasteiger partial charge >= 0.3 is 18.3 Å². The Bertz CT molecular complexity index is 1110. The molecule has 1 aliphatic rings. The molecule has 1 unspecified atom stereocenters. The highest BCUT2D eigenvalue weighted by Gasteiger charge is 2.44. The number of alkyl halides is 5. The molecule has 0 bridgehead atoms. The van der Waals surface area contributed by atoms with Gasteiger partial charge in [-0.05, 0) is 79.5 Å². The molecule has 0 aliphatic heterocycles. The minimum Gasteiger partial charge on any atom is -0.462 e. The van der Waals surface area contributed by atoms with Crippen molar-refractivity contribution >= 4 is 23.4 Å². The SMILES string of the molecule is CC(COC(=O)/C=C/c1ccc(OC(F)(F)C2CCC(CCCC(F)(F)F)CC2)cc1)c1ccc(N)cc1N. The van der Waals surface area contributed by atoms with Gasteiger partial charge in [0.15, 0.2) is 0 Å². The van der Waals surface area contributed by atoms with Crippen LogP contribution in [0.4, 0.5) is 33.3 Å². The van der Waals surface area contributed by atoms with Gasteiger partial charge in [0.2, 0.25) is 0 Å². The van der Waals surface area contributed by atoms with E-state index in [1.807, 2.05) is 6.92 Å². The largest absolute Gasteiger partial charge is 0.462 e. The summed E-state index contributed by atoms with van der Waals surface area (Å²) in [6.45, 7) is 1.99. The van der Waals surface area contributed by atoms with E-state index in [1.165, 1.54) is 24.3 Å². The molecule has 4 N–H and O–H groups in total. The molecular weight excluding hydrogens is 519 g/mol. The molecule has 0 radical (unpaired) electrons. The van der Waals surface area contributed by atoms with Crippen LogP contribution in [-0.2, 0) is 9.53 Å². The van der Waals surface area contributed by atoms with Crippen LogP contribution in [0.1, 0.15) is 68.9 Å². The summed E-state index contributed by atoms with van der Waals surface area (Å²) in [5, 5.41) is 0. The minimum atomic E-state index is -4.18. The molecule has 0 aromatic heterocycles. The first-order valence-electron chi connectivity index (χ1n) is 13.1. The molecule has 10 heteroatoms. The number of ether oxygens (including phenoxy) is 2. The number of nitrogen functional groups attached to an aromatic ring is 2. The molecule has 2 aromatic rings. The maximum atomic E-state index is 14.7. The highest BCUT2D eigenvalue weighted by molar-refractivity contribution is 5.87. The van der Waals surface area contributed by atoms with E-state index in [0.717, 1.165) is 5.56 Å². The Balaban J connectivity index is 1.43. The van der Waals surface area contributed by atoms with E-state index < -0.39 is 30.6 Å². The maximum Gasteiger partial charge on any atom is 0.400 e. The monoisotopic (exact) mass is 554 g/mol. The highest BCUT2D eigenvalue weighted by Crippen LogP contribution is 2.41. The smallest absolute Gasteiger partial charge is 0.400 e. The van der Waals surface area contributed by atoms with Gasteiger partial charge in [-0.1, -0.05) is 31.5 Å². The molecular formula is C29H35F5N2O3. The minimum absolute atomic E-state index is 0.0121. The summed E-state index contributed by atoms with van der Waals surface area (Å²) < 4.78 is 76.7. The van der Waals surface area contributed by atoms with Gasteiger partial charge in [-0.3, -0.25) is 0 Å². The van der Waals surface area contributed by atoms with Gasteiger partial charge in [-0.2, -0.15) is 22.0 Å². The normalized spacial score (nSPS) is 19.1. The number of hydrogen-bond acceptors (Lipinski definition) is 5. The third kappa shape index (κ3) is 9.75. The molecule has 1 fully saturated rings. The maximum absolute atomic E-state index is 14.7. The van der Waals surface area contributed by atoms with Crippen LogP contribution in [0, 0.1) is 11.8 Å². The summed E-state index contributed by atoms with van der Waals surface area (Å²) in [4.78, 5) is 12.1. The van der Waals surface area contributed by atoms with Crippen LogP contribution in [0.15, 0.2) is 48.5 Å². The summed E-state index contributed by atoms with van der Waals surface area (Å²) in [6, 6.07) is 11.0. The number of benzene rings is 2. The first kappa shape index (κ1) is 30.2. The van der Waals surface area contributed by atoms with Crippen LogP contribution in [0.3, 0.4) is 0 Å². The average Bonchev–Trinajstić information content (AvgIpc) is 2.86. The lowest BCUT2D eigenvalue weighted by Gasteiger charge is -2.33. The molecule has 3 rings (SSSR count). The fourth-order valence-electron chi connectivity index (χ4n) is 4.82. The second kappa shape index (κ2) is 13.2. The van der Waals surface area contributed by atoms with E-state index in [4.69, 9.17) is 20.9 Å². The Kier molecular flexibility index (Phi) is 10.2. The van der Waals surface area contributed by atoms with Gasteiger partial charge in [0, 0.05) is 29.8 Å². The van der Waals surface area contributed by atoms with E-state index in [9.17, 15) is 26.7 Å². The molecule has 0 amide bonds. The number of hydrogen-bond donors (Lipinski definition) is 2. The lowest BCUT2D eigenvalue weighted by atomic mass is 9.79. The summed E-state index contributed by atoms with van der Waals surface area (Å²) in [7, 11) is 0. The van der Waals surface area contributed by atoms with Crippen molar-refractivity contribution in [1.29, 1.82) is 0 Å². The zero-order chi connectivity index (χ0) is 28.6. The van der Waals surface area contributed by atoms with Crippen LogP contribution < -0.4 is 16.2 Å². The fraction of sp³-hybridized carbons (Fsp3) is 0.483.